The van der Waals surface area contributed by atoms with Crippen molar-refractivity contribution < 1.29 is 42.5 Å². The number of fused-ring (bicyclic) bond motifs is 1. The number of carbonyl (C=O) groups excluding carboxylic acids is 1. The first-order chi connectivity index (χ1) is 19.1. The van der Waals surface area contributed by atoms with E-state index in [1.54, 1.807) is 51.1 Å². The molecule has 4 rings (SSSR count). The van der Waals surface area contributed by atoms with E-state index < -0.39 is 45.0 Å². The quantitative estimate of drug-likeness (QED) is 0.197. The van der Waals surface area contributed by atoms with Gasteiger partial charge >= 0.3 is 13.7 Å². The minimum atomic E-state index is -4.21. The Morgan fingerprint density at radius 3 is 2.73 bits per heavy atom. The van der Waals surface area contributed by atoms with E-state index in [-0.39, 0.29) is 35.9 Å². The molecule has 2 aromatic heterocycles. The largest absolute Gasteiger partial charge is 0.476 e. The van der Waals surface area contributed by atoms with Gasteiger partial charge in [-0.15, -0.1) is 0 Å². The molecule has 1 aliphatic rings. The number of carbonyl (C=O) groups is 1. The first kappa shape index (κ1) is 29.6. The maximum atomic E-state index is 13.8. The van der Waals surface area contributed by atoms with Gasteiger partial charge in [0.2, 0.25) is 18.2 Å². The summed E-state index contributed by atoms with van der Waals surface area (Å²) < 4.78 is 49.2. The van der Waals surface area contributed by atoms with Crippen LogP contribution in [0.3, 0.4) is 0 Å². The molecule has 0 amide bonds. The van der Waals surface area contributed by atoms with Gasteiger partial charge in [0.25, 0.3) is 0 Å². The fourth-order valence-electron chi connectivity index (χ4n) is 3.68. The van der Waals surface area contributed by atoms with E-state index in [9.17, 15) is 14.5 Å². The summed E-state index contributed by atoms with van der Waals surface area (Å²) in [5.41, 5.74) is 5.01. The number of ether oxygens (including phenoxy) is 4. The molecule has 1 aromatic carbocycles. The van der Waals surface area contributed by atoms with Crippen molar-refractivity contribution >= 4 is 30.8 Å². The lowest BCUT2D eigenvalue weighted by Gasteiger charge is -2.28. The third kappa shape index (κ3) is 6.86. The molecule has 0 radical (unpaired) electrons. The molecule has 3 heterocycles. The molecule has 4 atom stereocenters. The van der Waals surface area contributed by atoms with E-state index in [0.29, 0.717) is 12.1 Å². The number of rotatable bonds is 13. The van der Waals surface area contributed by atoms with Gasteiger partial charge in [-0.25, -0.2) is 9.55 Å². The normalized spacial score (nSPS) is 21.3. The van der Waals surface area contributed by atoms with Crippen LogP contribution in [0.1, 0.15) is 34.1 Å². The topological polar surface area (TPSA) is 191 Å². The van der Waals surface area contributed by atoms with E-state index >= 15 is 0 Å². The molecular formula is C24H33N6O9P. The number of para-hydroxylation sites is 1. The molecule has 0 spiro atoms. The third-order valence-corrected chi connectivity index (χ3v) is 7.19. The molecule has 1 fully saturated rings. The van der Waals surface area contributed by atoms with E-state index in [1.165, 1.54) is 17.8 Å². The molecule has 0 saturated carbocycles. The highest BCUT2D eigenvalue weighted by Gasteiger charge is 2.46. The summed E-state index contributed by atoms with van der Waals surface area (Å²) in [5, 5.41) is 12.9. The Hall–Kier alpha value is -3.33. The van der Waals surface area contributed by atoms with Gasteiger partial charge in [-0.05, 0) is 39.8 Å². The van der Waals surface area contributed by atoms with E-state index in [1.807, 2.05) is 0 Å². The zero-order valence-corrected chi connectivity index (χ0v) is 23.4. The monoisotopic (exact) mass is 580 g/mol. The summed E-state index contributed by atoms with van der Waals surface area (Å²) in [6.07, 6.45) is -0.0603. The Morgan fingerprint density at radius 2 is 2.05 bits per heavy atom. The smallest absolute Gasteiger partial charge is 0.459 e. The third-order valence-electron chi connectivity index (χ3n) is 5.57. The Morgan fingerprint density at radius 1 is 1.30 bits per heavy atom. The Bertz CT molecular complexity index is 1360. The van der Waals surface area contributed by atoms with Crippen LogP contribution in [-0.4, -0.2) is 74.8 Å². The van der Waals surface area contributed by atoms with Crippen molar-refractivity contribution in [2.45, 2.75) is 51.9 Å². The predicted octanol–water partition coefficient (Wildman–Crippen LogP) is 2.17. The van der Waals surface area contributed by atoms with Gasteiger partial charge in [-0.2, -0.15) is 15.1 Å². The molecule has 3 unspecified atom stereocenters. The zero-order valence-electron chi connectivity index (χ0n) is 22.6. The lowest BCUT2D eigenvalue weighted by atomic mass is 10.1. The van der Waals surface area contributed by atoms with Crippen molar-refractivity contribution in [3.05, 3.63) is 36.7 Å². The second kappa shape index (κ2) is 12.5. The number of nitrogens with one attached hydrogen (secondary N) is 1. The standard InChI is InChI=1S/C24H33N6O9P/c1-5-34-20-18-19(27-22(25)28-20)30(14-26-18)23-35-12-24(11-31,38-23)13-36-40(33,39-17-9-7-6-8-10-17)29-16(4)21(32)37-15(2)3/h6-10,14-16,23,31H,5,11-13H2,1-4H3,(H,29,33)(H2,25,27,28)/t16?,23?,24-,40?/m1/s1. The number of imidazole rings is 1. The fourth-order valence-corrected chi connectivity index (χ4v) is 5.25. The summed E-state index contributed by atoms with van der Waals surface area (Å²) in [6, 6.07) is 7.25. The fraction of sp³-hybridized carbons (Fsp3) is 0.500. The molecule has 0 aliphatic carbocycles. The molecule has 16 heteroatoms. The van der Waals surface area contributed by atoms with Crippen LogP contribution in [0.25, 0.3) is 11.2 Å². The van der Waals surface area contributed by atoms with Gasteiger partial charge < -0.3 is 34.3 Å². The van der Waals surface area contributed by atoms with Crippen molar-refractivity contribution in [3.63, 3.8) is 0 Å². The molecule has 0 bridgehead atoms. The molecule has 1 aliphatic heterocycles. The van der Waals surface area contributed by atoms with Gasteiger partial charge in [0.1, 0.15) is 23.7 Å². The number of nitrogens with zero attached hydrogens (tertiary/aromatic N) is 4. The molecule has 3 aromatic rings. The van der Waals surface area contributed by atoms with Crippen molar-refractivity contribution in [1.29, 1.82) is 0 Å². The molecule has 15 nitrogen and oxygen atoms in total. The number of benzene rings is 1. The van der Waals surface area contributed by atoms with Gasteiger partial charge in [-0.1, -0.05) is 18.2 Å². The van der Waals surface area contributed by atoms with Crippen molar-refractivity contribution in [2.75, 3.05) is 32.2 Å². The average Bonchev–Trinajstić information content (AvgIpc) is 3.53. The number of aliphatic hydroxyl groups excluding tert-OH is 1. The summed E-state index contributed by atoms with van der Waals surface area (Å²) in [7, 11) is -4.21. The zero-order chi connectivity index (χ0) is 28.9. The minimum Gasteiger partial charge on any atom is -0.476 e. The van der Waals surface area contributed by atoms with E-state index in [0.717, 1.165) is 0 Å². The lowest BCUT2D eigenvalue weighted by molar-refractivity contribution is -0.156. The number of hydrogen-bond acceptors (Lipinski definition) is 13. The SMILES string of the molecule is CCOc1nc(N)nc2c1ncn2C1OC[C@](CO)(COP(=O)(NC(C)C(=O)OC(C)C)Oc2ccccc2)O1. The van der Waals surface area contributed by atoms with E-state index in [4.69, 9.17) is 33.7 Å². The van der Waals surface area contributed by atoms with Crippen LogP contribution in [0.2, 0.25) is 0 Å². The summed E-state index contributed by atoms with van der Waals surface area (Å²) in [6.45, 7) is 5.85. The maximum absolute atomic E-state index is 13.8. The van der Waals surface area contributed by atoms with Gasteiger partial charge in [-0.3, -0.25) is 13.9 Å². The second-order valence-electron chi connectivity index (χ2n) is 9.23. The Kier molecular flexibility index (Phi) is 9.23. The summed E-state index contributed by atoms with van der Waals surface area (Å²) in [5.74, 6) is -0.251. The summed E-state index contributed by atoms with van der Waals surface area (Å²) in [4.78, 5) is 25.0. The molecule has 218 valence electrons. The molecule has 1 saturated heterocycles. The van der Waals surface area contributed by atoms with Gasteiger partial charge in [0, 0.05) is 0 Å². The van der Waals surface area contributed by atoms with Crippen molar-refractivity contribution in [3.8, 4) is 11.6 Å². The van der Waals surface area contributed by atoms with Crippen LogP contribution in [-0.2, 0) is 28.1 Å². The van der Waals surface area contributed by atoms with Crippen LogP contribution < -0.4 is 20.1 Å². The molecule has 40 heavy (non-hydrogen) atoms. The first-order valence-electron chi connectivity index (χ1n) is 12.6. The van der Waals surface area contributed by atoms with Gasteiger partial charge in [0.15, 0.2) is 11.2 Å². The highest BCUT2D eigenvalue weighted by Crippen LogP contribution is 2.46. The average molecular weight is 581 g/mol. The van der Waals surface area contributed by atoms with Crippen LogP contribution in [0.15, 0.2) is 36.7 Å². The van der Waals surface area contributed by atoms with E-state index in [2.05, 4.69) is 20.0 Å². The summed E-state index contributed by atoms with van der Waals surface area (Å²) >= 11 is 0. The molecule has 4 N–H and O–H groups in total. The Balaban J connectivity index is 1.53. The van der Waals surface area contributed by atoms with Gasteiger partial charge in [0.05, 0.1) is 32.5 Å². The van der Waals surface area contributed by atoms with Crippen LogP contribution in [0.5, 0.6) is 11.6 Å². The minimum absolute atomic E-state index is 0.0392. The lowest BCUT2D eigenvalue weighted by Crippen LogP contribution is -2.43. The Labute approximate surface area is 230 Å². The van der Waals surface area contributed by atoms with Crippen LogP contribution >= 0.6 is 7.75 Å². The highest BCUT2D eigenvalue weighted by atomic mass is 31.2. The number of nitrogen functional groups attached to an aromatic ring is 1. The number of nitrogens with two attached hydrogens (primary N) is 1. The van der Waals surface area contributed by atoms with Crippen molar-refractivity contribution in [2.24, 2.45) is 0 Å². The highest BCUT2D eigenvalue weighted by molar-refractivity contribution is 7.52. The number of aliphatic hydroxyl groups is 1. The predicted molar refractivity (Wildman–Crippen MR) is 141 cm³/mol. The number of hydrogen-bond donors (Lipinski definition) is 3. The van der Waals surface area contributed by atoms with Crippen LogP contribution in [0.4, 0.5) is 5.95 Å². The second-order valence-corrected chi connectivity index (χ2v) is 10.9. The van der Waals surface area contributed by atoms with Crippen LogP contribution in [0, 0.1) is 0 Å². The first-order valence-corrected chi connectivity index (χ1v) is 14.1. The number of aromatic nitrogens is 4. The van der Waals surface area contributed by atoms with Crippen molar-refractivity contribution in [1.82, 2.24) is 24.6 Å². The maximum Gasteiger partial charge on any atom is 0.459 e. The number of esters is 1. The molecular weight excluding hydrogens is 547 g/mol. The number of anilines is 1.